The predicted molar refractivity (Wildman–Crippen MR) is 149 cm³/mol. The van der Waals surface area contributed by atoms with Gasteiger partial charge >= 0.3 is 0 Å². The molecule has 8 nitrogen and oxygen atoms in total. The SMILES string of the molecule is CC1CN(C(=O)c2cccc(CCN3C(=O)COCC3=O)c2)CC=C1c1cc(CC(=O)C2CC2)nc2c1C=CC2. The van der Waals surface area contributed by atoms with Crippen molar-refractivity contribution in [3.8, 4) is 0 Å². The molecule has 0 spiro atoms. The van der Waals surface area contributed by atoms with Crippen LogP contribution in [0.5, 0.6) is 0 Å². The second-order valence-electron chi connectivity index (χ2n) is 11.2. The summed E-state index contributed by atoms with van der Waals surface area (Å²) in [6.45, 7) is 3.33. The lowest BCUT2D eigenvalue weighted by Gasteiger charge is -2.32. The number of hydrogen-bond donors (Lipinski definition) is 0. The molecule has 0 radical (unpaired) electrons. The van der Waals surface area contributed by atoms with E-state index in [4.69, 9.17) is 9.72 Å². The molecule has 1 aromatic heterocycles. The maximum absolute atomic E-state index is 13.5. The van der Waals surface area contributed by atoms with Gasteiger partial charge < -0.3 is 9.64 Å². The predicted octanol–water partition coefficient (Wildman–Crippen LogP) is 3.28. The Morgan fingerprint density at radius 3 is 2.65 bits per heavy atom. The molecule has 3 heterocycles. The molecule has 6 rings (SSSR count). The van der Waals surface area contributed by atoms with Crippen molar-refractivity contribution in [2.24, 2.45) is 11.8 Å². The number of carbonyl (C=O) groups is 4. The lowest BCUT2D eigenvalue weighted by Crippen LogP contribution is -2.46. The van der Waals surface area contributed by atoms with Gasteiger partial charge in [0.15, 0.2) is 0 Å². The number of morpholine rings is 1. The van der Waals surface area contributed by atoms with Gasteiger partial charge in [0.05, 0.1) is 5.69 Å². The van der Waals surface area contributed by atoms with Crippen LogP contribution in [0.4, 0.5) is 0 Å². The Balaban J connectivity index is 1.16. The molecule has 2 aliphatic heterocycles. The van der Waals surface area contributed by atoms with Gasteiger partial charge in [-0.1, -0.05) is 37.3 Å². The molecule has 0 N–H and O–H groups in total. The number of pyridine rings is 1. The van der Waals surface area contributed by atoms with Crippen molar-refractivity contribution in [3.05, 3.63) is 76.1 Å². The summed E-state index contributed by atoms with van der Waals surface area (Å²) in [6, 6.07) is 9.50. The van der Waals surface area contributed by atoms with Gasteiger partial charge in [-0.3, -0.25) is 29.1 Å². The first-order valence-corrected chi connectivity index (χ1v) is 14.1. The van der Waals surface area contributed by atoms with Crippen molar-refractivity contribution >= 4 is 35.2 Å². The zero-order valence-electron chi connectivity index (χ0n) is 22.7. The highest BCUT2D eigenvalue weighted by atomic mass is 16.5. The number of carbonyl (C=O) groups excluding carboxylic acids is 4. The van der Waals surface area contributed by atoms with Crippen molar-refractivity contribution in [1.82, 2.24) is 14.8 Å². The molecule has 2 fully saturated rings. The molecule has 3 amide bonds. The summed E-state index contributed by atoms with van der Waals surface area (Å²) in [5.41, 5.74) is 6.82. The lowest BCUT2D eigenvalue weighted by molar-refractivity contribution is -0.158. The average Bonchev–Trinajstić information content (AvgIpc) is 3.70. The number of imide groups is 1. The smallest absolute Gasteiger partial charge is 0.255 e. The molecule has 1 saturated carbocycles. The number of ketones is 1. The molecule has 1 unspecified atom stereocenters. The van der Waals surface area contributed by atoms with Crippen molar-refractivity contribution in [1.29, 1.82) is 0 Å². The van der Waals surface area contributed by atoms with E-state index in [1.54, 1.807) is 0 Å². The Morgan fingerprint density at radius 1 is 1.10 bits per heavy atom. The highest BCUT2D eigenvalue weighted by molar-refractivity contribution is 5.98. The molecule has 4 aliphatic rings. The van der Waals surface area contributed by atoms with Crippen LogP contribution in [-0.4, -0.2) is 71.1 Å². The van der Waals surface area contributed by atoms with Crippen LogP contribution in [0, 0.1) is 11.8 Å². The van der Waals surface area contributed by atoms with E-state index in [-0.39, 0.29) is 55.1 Å². The standard InChI is InChI=1S/C32H33N3O5/c1-20-17-34(32(39)23-5-2-4-21(14-23)10-13-35-30(37)18-40-19-31(35)38)12-11-25(20)27-15-24(16-29(36)22-8-9-22)33-28-7-3-6-26(27)28/h2-6,11,14-15,20,22H,7-10,12-13,16-19H2,1H3. The Bertz CT molecular complexity index is 1440. The molecule has 1 saturated heterocycles. The minimum atomic E-state index is -0.328. The van der Waals surface area contributed by atoms with Crippen LogP contribution in [0.3, 0.4) is 0 Å². The van der Waals surface area contributed by atoms with Crippen LogP contribution in [0.2, 0.25) is 0 Å². The van der Waals surface area contributed by atoms with Gasteiger partial charge in [-0.05, 0) is 60.1 Å². The van der Waals surface area contributed by atoms with Gasteiger partial charge in [-0.2, -0.15) is 0 Å². The summed E-state index contributed by atoms with van der Waals surface area (Å²) < 4.78 is 4.98. The number of benzene rings is 1. The first-order chi connectivity index (χ1) is 19.4. The van der Waals surface area contributed by atoms with Crippen molar-refractivity contribution in [2.75, 3.05) is 32.8 Å². The van der Waals surface area contributed by atoms with Crippen LogP contribution in [0.15, 0.2) is 42.5 Å². The molecule has 2 aromatic rings. The topological polar surface area (TPSA) is 96.9 Å². The highest BCUT2D eigenvalue weighted by Crippen LogP contribution is 2.36. The zero-order chi connectivity index (χ0) is 27.8. The maximum Gasteiger partial charge on any atom is 0.255 e. The van der Waals surface area contributed by atoms with Gasteiger partial charge in [0, 0.05) is 55.2 Å². The number of allylic oxidation sites excluding steroid dienone is 1. The van der Waals surface area contributed by atoms with Crippen LogP contribution in [0.25, 0.3) is 11.6 Å². The number of nitrogens with zero attached hydrogens (tertiary/aromatic N) is 3. The molecule has 0 bridgehead atoms. The Morgan fingerprint density at radius 2 is 1.90 bits per heavy atom. The van der Waals surface area contributed by atoms with Crippen LogP contribution in [-0.2, 0) is 38.4 Å². The number of Topliss-reactive ketones (excluding diaryl/α,β-unsaturated/α-hetero) is 1. The fourth-order valence-electron chi connectivity index (χ4n) is 5.86. The number of ether oxygens (including phenoxy) is 1. The zero-order valence-corrected chi connectivity index (χ0v) is 22.7. The molecule has 1 aromatic carbocycles. The largest absolute Gasteiger partial charge is 0.362 e. The van der Waals surface area contributed by atoms with Gasteiger partial charge in [0.25, 0.3) is 17.7 Å². The van der Waals surface area contributed by atoms with E-state index in [2.05, 4.69) is 31.2 Å². The van der Waals surface area contributed by atoms with Crippen molar-refractivity contribution < 1.29 is 23.9 Å². The Labute approximate surface area is 233 Å². The third-order valence-corrected chi connectivity index (χ3v) is 8.18. The molecule has 206 valence electrons. The van der Waals surface area contributed by atoms with E-state index >= 15 is 0 Å². The van der Waals surface area contributed by atoms with E-state index in [0.29, 0.717) is 31.5 Å². The molecular weight excluding hydrogens is 506 g/mol. The second kappa shape index (κ2) is 10.9. The molecule has 8 heteroatoms. The minimum absolute atomic E-state index is 0.0434. The van der Waals surface area contributed by atoms with Gasteiger partial charge in [0.1, 0.15) is 19.0 Å². The van der Waals surface area contributed by atoms with Gasteiger partial charge in [-0.25, -0.2) is 0 Å². The van der Waals surface area contributed by atoms with Crippen molar-refractivity contribution in [3.63, 3.8) is 0 Å². The maximum atomic E-state index is 13.5. The van der Waals surface area contributed by atoms with Gasteiger partial charge in [0.2, 0.25) is 0 Å². The summed E-state index contributed by atoms with van der Waals surface area (Å²) in [6.07, 6.45) is 10.0. The highest BCUT2D eigenvalue weighted by Gasteiger charge is 2.31. The second-order valence-corrected chi connectivity index (χ2v) is 11.2. The molecule has 40 heavy (non-hydrogen) atoms. The number of aromatic nitrogens is 1. The molecule has 1 atom stereocenters. The summed E-state index contributed by atoms with van der Waals surface area (Å²) in [5, 5.41) is 0. The molecular formula is C32H33N3O5. The fourth-order valence-corrected chi connectivity index (χ4v) is 5.86. The van der Waals surface area contributed by atoms with E-state index in [0.717, 1.165) is 47.3 Å². The van der Waals surface area contributed by atoms with E-state index in [1.165, 1.54) is 10.5 Å². The molecule has 2 aliphatic carbocycles. The van der Waals surface area contributed by atoms with E-state index in [9.17, 15) is 19.2 Å². The summed E-state index contributed by atoms with van der Waals surface area (Å²) in [4.78, 5) is 57.9. The van der Waals surface area contributed by atoms with Crippen LogP contribution in [0.1, 0.15) is 58.2 Å². The first kappa shape index (κ1) is 26.3. The quantitative estimate of drug-likeness (QED) is 0.478. The Kier molecular flexibility index (Phi) is 7.19. The third kappa shape index (κ3) is 5.41. The summed E-state index contributed by atoms with van der Waals surface area (Å²) in [5.74, 6) is -0.0791. The normalized spacial score (nSPS) is 20.5. The first-order valence-electron chi connectivity index (χ1n) is 14.1. The van der Waals surface area contributed by atoms with Crippen LogP contribution >= 0.6 is 0 Å². The summed E-state index contributed by atoms with van der Waals surface area (Å²) >= 11 is 0. The van der Waals surface area contributed by atoms with Crippen molar-refractivity contribution in [2.45, 2.75) is 39.0 Å². The fraction of sp³-hybridized carbons (Fsp3) is 0.406. The van der Waals surface area contributed by atoms with E-state index < -0.39 is 0 Å². The average molecular weight is 540 g/mol. The number of amides is 3. The van der Waals surface area contributed by atoms with Crippen LogP contribution < -0.4 is 0 Å². The number of fused-ring (bicyclic) bond motifs is 1. The number of rotatable bonds is 8. The third-order valence-electron chi connectivity index (χ3n) is 8.18. The lowest BCUT2D eigenvalue weighted by atomic mass is 9.87. The van der Waals surface area contributed by atoms with E-state index in [1.807, 2.05) is 29.2 Å². The number of hydrogen-bond acceptors (Lipinski definition) is 6. The minimum Gasteiger partial charge on any atom is -0.362 e. The monoisotopic (exact) mass is 539 g/mol. The Hall–Kier alpha value is -3.91. The summed E-state index contributed by atoms with van der Waals surface area (Å²) in [7, 11) is 0. The van der Waals surface area contributed by atoms with Gasteiger partial charge in [-0.15, -0.1) is 0 Å².